The summed E-state index contributed by atoms with van der Waals surface area (Å²) >= 11 is 0. The van der Waals surface area contributed by atoms with Gasteiger partial charge in [-0.25, -0.2) is 8.78 Å². The molecule has 1 fully saturated rings. The Kier molecular flexibility index (Phi) is 4.93. The molecule has 25 heavy (non-hydrogen) atoms. The van der Waals surface area contributed by atoms with Crippen LogP contribution in [0.3, 0.4) is 0 Å². The Morgan fingerprint density at radius 3 is 2.56 bits per heavy atom. The second kappa shape index (κ2) is 7.13. The Morgan fingerprint density at radius 2 is 1.88 bits per heavy atom. The molecule has 0 bridgehead atoms. The first-order chi connectivity index (χ1) is 12.1. The molecule has 0 aromatic heterocycles. The van der Waals surface area contributed by atoms with Crippen molar-refractivity contribution in [2.75, 3.05) is 13.1 Å². The van der Waals surface area contributed by atoms with Crippen LogP contribution in [0.15, 0.2) is 48.5 Å². The molecular formula is C20H19F2NO2. The van der Waals surface area contributed by atoms with Gasteiger partial charge in [-0.05, 0) is 42.7 Å². The molecule has 2 aromatic rings. The van der Waals surface area contributed by atoms with Crippen LogP contribution in [0.4, 0.5) is 8.78 Å². The Balaban J connectivity index is 1.92. The smallest absolute Gasteiger partial charge is 0.253 e. The van der Waals surface area contributed by atoms with Crippen molar-refractivity contribution in [2.45, 2.75) is 24.7 Å². The van der Waals surface area contributed by atoms with Crippen molar-refractivity contribution in [1.82, 2.24) is 4.90 Å². The zero-order chi connectivity index (χ0) is 17.9. The highest BCUT2D eigenvalue weighted by molar-refractivity contribution is 5.94. The number of rotatable bonds is 4. The van der Waals surface area contributed by atoms with Gasteiger partial charge in [0, 0.05) is 30.5 Å². The summed E-state index contributed by atoms with van der Waals surface area (Å²) < 4.78 is 27.0. The minimum Gasteiger partial charge on any atom is -0.338 e. The van der Waals surface area contributed by atoms with E-state index in [9.17, 15) is 18.4 Å². The van der Waals surface area contributed by atoms with E-state index < -0.39 is 17.0 Å². The summed E-state index contributed by atoms with van der Waals surface area (Å²) in [4.78, 5) is 25.7. The quantitative estimate of drug-likeness (QED) is 0.794. The molecule has 0 aliphatic carbocycles. The molecule has 0 saturated carbocycles. The first-order valence-corrected chi connectivity index (χ1v) is 8.29. The molecule has 0 N–H and O–H groups in total. The Labute approximate surface area is 145 Å². The monoisotopic (exact) mass is 343 g/mol. The minimum atomic E-state index is -0.936. The molecule has 1 aliphatic rings. The summed E-state index contributed by atoms with van der Waals surface area (Å²) in [5, 5.41) is 0. The van der Waals surface area contributed by atoms with Crippen molar-refractivity contribution in [3.63, 3.8) is 0 Å². The van der Waals surface area contributed by atoms with E-state index >= 15 is 0 Å². The van der Waals surface area contributed by atoms with E-state index in [4.69, 9.17) is 0 Å². The average molecular weight is 343 g/mol. The van der Waals surface area contributed by atoms with Gasteiger partial charge in [0.2, 0.25) is 0 Å². The van der Waals surface area contributed by atoms with Crippen molar-refractivity contribution in [2.24, 2.45) is 0 Å². The summed E-state index contributed by atoms with van der Waals surface area (Å²) in [6, 6.07) is 12.7. The lowest BCUT2D eigenvalue weighted by atomic mass is 9.72. The van der Waals surface area contributed by atoms with E-state index in [2.05, 4.69) is 0 Å². The second-order valence-corrected chi connectivity index (χ2v) is 6.48. The van der Waals surface area contributed by atoms with Gasteiger partial charge in [-0.3, -0.25) is 4.79 Å². The molecule has 1 heterocycles. The zero-order valence-corrected chi connectivity index (χ0v) is 13.8. The lowest BCUT2D eigenvalue weighted by Crippen LogP contribution is -2.48. The normalized spacial score (nSPS) is 20.3. The molecule has 5 heteroatoms. The van der Waals surface area contributed by atoms with Crippen LogP contribution in [-0.4, -0.2) is 30.2 Å². The number of likely N-dealkylation sites (tertiary alicyclic amines) is 1. The number of amides is 1. The predicted molar refractivity (Wildman–Crippen MR) is 90.3 cm³/mol. The zero-order valence-electron chi connectivity index (χ0n) is 13.8. The third-order valence-corrected chi connectivity index (χ3v) is 4.89. The minimum absolute atomic E-state index is 0.113. The SMILES string of the molecule is O=CCC1(c2ccc(F)c(F)c2)CCCN(C(=O)c2ccccc2)C1. The third kappa shape index (κ3) is 3.45. The maximum atomic E-state index is 13.7. The molecule has 1 unspecified atom stereocenters. The molecule has 1 amide bonds. The van der Waals surface area contributed by atoms with E-state index in [-0.39, 0.29) is 12.3 Å². The van der Waals surface area contributed by atoms with Crippen LogP contribution in [0.25, 0.3) is 0 Å². The van der Waals surface area contributed by atoms with Crippen molar-refractivity contribution in [1.29, 1.82) is 0 Å². The van der Waals surface area contributed by atoms with E-state index in [1.807, 2.05) is 6.07 Å². The fourth-order valence-corrected chi connectivity index (χ4v) is 3.57. The van der Waals surface area contributed by atoms with Crippen LogP contribution in [0.1, 0.15) is 35.2 Å². The van der Waals surface area contributed by atoms with Gasteiger partial charge in [0.05, 0.1) is 0 Å². The number of carbonyl (C=O) groups excluding carboxylic acids is 2. The number of hydrogen-bond acceptors (Lipinski definition) is 2. The summed E-state index contributed by atoms with van der Waals surface area (Å²) in [6.07, 6.45) is 2.30. The predicted octanol–water partition coefficient (Wildman–Crippen LogP) is 3.73. The molecule has 130 valence electrons. The largest absolute Gasteiger partial charge is 0.338 e. The van der Waals surface area contributed by atoms with Crippen molar-refractivity contribution in [3.05, 3.63) is 71.3 Å². The van der Waals surface area contributed by atoms with Gasteiger partial charge >= 0.3 is 0 Å². The molecule has 1 atom stereocenters. The highest BCUT2D eigenvalue weighted by Gasteiger charge is 2.39. The van der Waals surface area contributed by atoms with Gasteiger partial charge in [0.1, 0.15) is 6.29 Å². The van der Waals surface area contributed by atoms with Crippen LogP contribution in [0, 0.1) is 11.6 Å². The number of hydrogen-bond donors (Lipinski definition) is 0. The summed E-state index contributed by atoms with van der Waals surface area (Å²) in [5.74, 6) is -1.97. The standard InChI is InChI=1S/C20H19F2NO2/c21-17-8-7-16(13-18(17)22)20(10-12-24)9-4-11-23(14-20)19(25)15-5-2-1-3-6-15/h1-3,5-8,12-13H,4,9-11,14H2. The van der Waals surface area contributed by atoms with E-state index in [1.165, 1.54) is 6.07 Å². The molecule has 1 saturated heterocycles. The summed E-state index contributed by atoms with van der Waals surface area (Å²) in [7, 11) is 0. The van der Waals surface area contributed by atoms with Gasteiger partial charge in [-0.2, -0.15) is 0 Å². The number of nitrogens with zero attached hydrogens (tertiary/aromatic N) is 1. The number of benzene rings is 2. The van der Waals surface area contributed by atoms with E-state index in [1.54, 1.807) is 29.2 Å². The summed E-state index contributed by atoms with van der Waals surface area (Å²) in [5.41, 5.74) is 0.456. The second-order valence-electron chi connectivity index (χ2n) is 6.48. The third-order valence-electron chi connectivity index (χ3n) is 4.89. The molecule has 3 nitrogen and oxygen atoms in total. The van der Waals surface area contributed by atoms with Crippen LogP contribution in [0.2, 0.25) is 0 Å². The fraction of sp³-hybridized carbons (Fsp3) is 0.300. The maximum absolute atomic E-state index is 13.7. The van der Waals surface area contributed by atoms with Gasteiger partial charge < -0.3 is 9.69 Å². The van der Waals surface area contributed by atoms with E-state index in [0.717, 1.165) is 18.4 Å². The first kappa shape index (κ1) is 17.3. The lowest BCUT2D eigenvalue weighted by Gasteiger charge is -2.42. The molecule has 1 aliphatic heterocycles. The number of carbonyl (C=O) groups is 2. The topological polar surface area (TPSA) is 37.4 Å². The molecule has 3 rings (SSSR count). The fourth-order valence-electron chi connectivity index (χ4n) is 3.57. The average Bonchev–Trinajstić information content (AvgIpc) is 2.64. The highest BCUT2D eigenvalue weighted by atomic mass is 19.2. The van der Waals surface area contributed by atoms with Gasteiger partial charge in [0.15, 0.2) is 11.6 Å². The van der Waals surface area contributed by atoms with Crippen molar-refractivity contribution in [3.8, 4) is 0 Å². The van der Waals surface area contributed by atoms with Crippen molar-refractivity contribution >= 4 is 12.2 Å². The highest BCUT2D eigenvalue weighted by Crippen LogP contribution is 2.37. The molecular weight excluding hydrogens is 324 g/mol. The molecule has 0 spiro atoms. The van der Waals surface area contributed by atoms with Crippen LogP contribution >= 0.6 is 0 Å². The number of aldehydes is 1. The Hall–Kier alpha value is -2.56. The molecule has 2 aromatic carbocycles. The Bertz CT molecular complexity index is 779. The van der Waals surface area contributed by atoms with E-state index in [0.29, 0.717) is 37.1 Å². The lowest BCUT2D eigenvalue weighted by molar-refractivity contribution is -0.109. The van der Waals surface area contributed by atoms with Crippen LogP contribution in [0.5, 0.6) is 0 Å². The van der Waals surface area contributed by atoms with Crippen molar-refractivity contribution < 1.29 is 18.4 Å². The van der Waals surface area contributed by atoms with Crippen LogP contribution in [-0.2, 0) is 10.2 Å². The van der Waals surface area contributed by atoms with Gasteiger partial charge in [-0.1, -0.05) is 24.3 Å². The number of halogens is 2. The Morgan fingerprint density at radius 1 is 1.12 bits per heavy atom. The van der Waals surface area contributed by atoms with Gasteiger partial charge in [0.25, 0.3) is 5.91 Å². The number of piperidine rings is 1. The van der Waals surface area contributed by atoms with Gasteiger partial charge in [-0.15, -0.1) is 0 Å². The molecule has 0 radical (unpaired) electrons. The maximum Gasteiger partial charge on any atom is 0.253 e. The first-order valence-electron chi connectivity index (χ1n) is 8.29. The van der Waals surface area contributed by atoms with Crippen LogP contribution < -0.4 is 0 Å². The summed E-state index contributed by atoms with van der Waals surface area (Å²) in [6.45, 7) is 0.891.